The van der Waals surface area contributed by atoms with E-state index in [0.717, 1.165) is 31.4 Å². The van der Waals surface area contributed by atoms with Crippen LogP contribution in [0.1, 0.15) is 57.8 Å². The summed E-state index contributed by atoms with van der Waals surface area (Å²) in [5.74, 6) is 1.91. The van der Waals surface area contributed by atoms with Crippen LogP contribution in [0.5, 0.6) is 5.75 Å². The van der Waals surface area contributed by atoms with Crippen molar-refractivity contribution < 1.29 is 4.74 Å². The Kier molecular flexibility index (Phi) is 14.4. The monoisotopic (exact) mass is 1210 g/mol. The number of thioether (sulfide) groups is 1. The first-order valence-electron chi connectivity index (χ1n) is 34.3. The van der Waals surface area contributed by atoms with Gasteiger partial charge in [0.25, 0.3) is 0 Å². The van der Waals surface area contributed by atoms with Gasteiger partial charge in [0, 0.05) is 109 Å². The van der Waals surface area contributed by atoms with Crippen LogP contribution < -0.4 is 35.3 Å². The first-order chi connectivity index (χ1) is 45.7. The first-order valence-corrected chi connectivity index (χ1v) is 35.3. The molecule has 0 N–H and O–H groups in total. The Bertz CT molecular complexity index is 4370. The van der Waals surface area contributed by atoms with Crippen LogP contribution in [0, 0.1) is 0 Å². The highest BCUT2D eigenvalue weighted by atomic mass is 32.2. The van der Waals surface area contributed by atoms with Gasteiger partial charge in [-0.2, -0.15) is 11.8 Å². The zero-order valence-electron chi connectivity index (χ0n) is 52.1. The van der Waals surface area contributed by atoms with Crippen LogP contribution in [-0.4, -0.2) is 60.2 Å². The van der Waals surface area contributed by atoms with Crippen LogP contribution in [0.3, 0.4) is 0 Å². The molecule has 3 saturated carbocycles. The molecule has 0 amide bonds. The zero-order valence-corrected chi connectivity index (χ0v) is 52.9. The van der Waals surface area contributed by atoms with E-state index in [-0.39, 0.29) is 54.5 Å². The lowest BCUT2D eigenvalue weighted by atomic mass is 9.23. The molecule has 8 heteroatoms. The predicted octanol–water partition coefficient (Wildman–Crippen LogP) is 18.9. The van der Waals surface area contributed by atoms with Crippen molar-refractivity contribution in [1.29, 1.82) is 0 Å². The van der Waals surface area contributed by atoms with E-state index in [9.17, 15) is 0 Å². The maximum Gasteiger partial charge on any atom is 0.225 e. The lowest BCUT2D eigenvalue weighted by Crippen LogP contribution is -2.68. The second-order valence-corrected chi connectivity index (χ2v) is 28.7. The summed E-state index contributed by atoms with van der Waals surface area (Å²) in [6, 6.07) is 105. The van der Waals surface area contributed by atoms with Crippen molar-refractivity contribution in [3.05, 3.63) is 296 Å². The SMILES string of the molecule is C1=C2B3c4ccccc4OC4CC(N(c5ccccc5)C5CCCCC5)CC(C34)N(c3ccccc3-c3ccccc3)C2=CC2SC3CC(N(c4ccccc4)c4ccccc4-c4ccccc4)CC4C3B(c3ccccc3N4c3ccccc3-c3ccccc3)C12. The summed E-state index contributed by atoms with van der Waals surface area (Å²) in [5, 5.41) is 0.545. The van der Waals surface area contributed by atoms with E-state index in [1.807, 2.05) is 0 Å². The summed E-state index contributed by atoms with van der Waals surface area (Å²) in [6.07, 6.45) is 16.3. The molecule has 10 aromatic carbocycles. The summed E-state index contributed by atoms with van der Waals surface area (Å²) in [6.45, 7) is 0.453. The van der Waals surface area contributed by atoms with E-state index in [1.54, 1.807) is 0 Å². The Balaban J connectivity index is 0.844. The lowest BCUT2D eigenvalue weighted by molar-refractivity contribution is 0.120. The van der Waals surface area contributed by atoms with E-state index in [4.69, 9.17) is 4.74 Å². The van der Waals surface area contributed by atoms with Crippen LogP contribution in [0.15, 0.2) is 296 Å². The molecule has 18 rings (SSSR count). The fraction of sp³-hybridized carbons (Fsp3) is 0.238. The van der Waals surface area contributed by atoms with Gasteiger partial charge in [-0.3, -0.25) is 0 Å². The lowest BCUT2D eigenvalue weighted by Gasteiger charge is -2.61. The van der Waals surface area contributed by atoms with Crippen LogP contribution in [0.25, 0.3) is 33.4 Å². The van der Waals surface area contributed by atoms with Gasteiger partial charge in [0.15, 0.2) is 6.71 Å². The van der Waals surface area contributed by atoms with Gasteiger partial charge in [0.2, 0.25) is 6.71 Å². The number of rotatable bonds is 11. The highest BCUT2D eigenvalue weighted by Crippen LogP contribution is 2.63. The molecule has 10 atom stereocenters. The molecule has 450 valence electrons. The fourth-order valence-corrected chi connectivity index (χ4v) is 21.0. The van der Waals surface area contributed by atoms with Gasteiger partial charge >= 0.3 is 0 Å². The molecule has 5 fully saturated rings. The maximum absolute atomic E-state index is 7.65. The standard InChI is InChI=1S/C84H76B2N4OS/c1-7-29-57(30-8-1)65-41-19-24-46-72(65)88(62-39-17-6-18-40-62)64-52-78-84-82(54-64)92-81-56-76-70(55-71(81)85(84)68-44-22-27-49-75(68)89(78)73-47-25-20-42-66(73)58-31-9-2-10-32-58)86-69-45-23-28-50-79(69)91-80-53-63(87(60-35-13-4-14-36-60)61-37-15-5-16-38-61)51-77(83(80)86)90(76)74-48-26-21-43-67(74)59-33-11-3-12-34-59/h1-4,6-14,17-36,39-50,55-56,61,63-64,71,77-78,80-84H,5,15-16,37-38,51-54H2. The van der Waals surface area contributed by atoms with Gasteiger partial charge in [-0.1, -0.05) is 255 Å². The molecule has 4 heterocycles. The van der Waals surface area contributed by atoms with Crippen molar-refractivity contribution in [1.82, 2.24) is 0 Å². The Morgan fingerprint density at radius 3 is 1.61 bits per heavy atom. The van der Waals surface area contributed by atoms with Crippen molar-refractivity contribution >= 4 is 70.2 Å². The third-order valence-electron chi connectivity index (χ3n) is 22.6. The fourth-order valence-electron chi connectivity index (χ4n) is 19.1. The molecule has 2 saturated heterocycles. The first kappa shape index (κ1) is 56.0. The number of allylic oxidation sites excluding steroid dienone is 2. The summed E-state index contributed by atoms with van der Waals surface area (Å²) in [5.41, 5.74) is 21.2. The summed E-state index contributed by atoms with van der Waals surface area (Å²) < 4.78 is 7.65. The molecule has 5 nitrogen and oxygen atoms in total. The van der Waals surface area contributed by atoms with Crippen molar-refractivity contribution in [3.63, 3.8) is 0 Å². The molecule has 4 aliphatic carbocycles. The van der Waals surface area contributed by atoms with E-state index in [1.165, 1.54) is 122 Å². The second-order valence-electron chi connectivity index (χ2n) is 27.3. The minimum atomic E-state index is 0.0259. The van der Waals surface area contributed by atoms with Crippen LogP contribution in [0.2, 0.25) is 17.5 Å². The summed E-state index contributed by atoms with van der Waals surface area (Å²) >= 11 is 2.32. The molecule has 10 unspecified atom stereocenters. The molecule has 8 aliphatic rings. The minimum Gasteiger partial charge on any atom is -0.491 e. The van der Waals surface area contributed by atoms with Crippen molar-refractivity contribution in [3.8, 4) is 39.1 Å². The van der Waals surface area contributed by atoms with Crippen LogP contribution >= 0.6 is 11.8 Å². The third kappa shape index (κ3) is 9.51. The van der Waals surface area contributed by atoms with Gasteiger partial charge in [-0.25, -0.2) is 0 Å². The molecular formula is C84H76B2N4OS. The van der Waals surface area contributed by atoms with Gasteiger partial charge in [-0.05, 0) is 127 Å². The number of nitrogens with zero attached hydrogens (tertiary/aromatic N) is 4. The Morgan fingerprint density at radius 1 is 0.413 bits per heavy atom. The van der Waals surface area contributed by atoms with Gasteiger partial charge in [0.05, 0.1) is 6.10 Å². The van der Waals surface area contributed by atoms with E-state index < -0.39 is 0 Å². The van der Waals surface area contributed by atoms with Crippen LogP contribution in [-0.2, 0) is 0 Å². The Morgan fingerprint density at radius 2 is 0.935 bits per heavy atom. The average Bonchev–Trinajstić information content (AvgIpc) is 0.696. The number of hydrogen-bond donors (Lipinski definition) is 0. The number of para-hydroxylation sites is 7. The maximum atomic E-state index is 7.65. The smallest absolute Gasteiger partial charge is 0.225 e. The molecule has 0 radical (unpaired) electrons. The van der Waals surface area contributed by atoms with Gasteiger partial charge in [-0.15, -0.1) is 0 Å². The zero-order chi connectivity index (χ0) is 60.6. The predicted molar refractivity (Wildman–Crippen MR) is 389 cm³/mol. The van der Waals surface area contributed by atoms with E-state index in [0.29, 0.717) is 23.2 Å². The number of fused-ring (bicyclic) bond motifs is 8. The molecule has 0 bridgehead atoms. The highest BCUT2D eigenvalue weighted by molar-refractivity contribution is 8.01. The minimum absolute atomic E-state index is 0.0259. The number of anilines is 6. The van der Waals surface area contributed by atoms with Crippen molar-refractivity contribution in [2.45, 2.75) is 122 Å². The molecule has 4 aliphatic heterocycles. The molecule has 92 heavy (non-hydrogen) atoms. The van der Waals surface area contributed by atoms with Crippen LogP contribution in [0.4, 0.5) is 34.1 Å². The summed E-state index contributed by atoms with van der Waals surface area (Å²) in [4.78, 5) is 11.5. The largest absolute Gasteiger partial charge is 0.491 e. The second kappa shape index (κ2) is 23.7. The molecule has 10 aromatic rings. The third-order valence-corrected chi connectivity index (χ3v) is 24.2. The number of ether oxygens (including phenoxy) is 1. The summed E-state index contributed by atoms with van der Waals surface area (Å²) in [7, 11) is 0. The van der Waals surface area contributed by atoms with Gasteiger partial charge in [0.1, 0.15) is 5.75 Å². The van der Waals surface area contributed by atoms with E-state index in [2.05, 4.69) is 317 Å². The molecular weight excluding hydrogens is 1130 g/mol. The number of benzene rings is 10. The van der Waals surface area contributed by atoms with E-state index >= 15 is 0 Å². The Hall–Kier alpha value is -8.84. The molecule has 0 aromatic heterocycles. The normalized spacial score (nSPS) is 25.0. The topological polar surface area (TPSA) is 22.2 Å². The average molecular weight is 1210 g/mol. The quantitative estimate of drug-likeness (QED) is 0.120. The van der Waals surface area contributed by atoms with Gasteiger partial charge < -0.3 is 24.3 Å². The highest BCUT2D eigenvalue weighted by Gasteiger charge is 2.62. The van der Waals surface area contributed by atoms with Crippen molar-refractivity contribution in [2.24, 2.45) is 0 Å². The Labute approximate surface area is 548 Å². The van der Waals surface area contributed by atoms with Crippen molar-refractivity contribution in [2.75, 3.05) is 19.6 Å². The molecule has 0 spiro atoms. The number of hydrogen-bond acceptors (Lipinski definition) is 6.